The number of benzene rings is 7. The van der Waals surface area contributed by atoms with E-state index >= 15 is 0 Å². The molecular weight excluding hydrogens is 538 g/mol. The van der Waals surface area contributed by atoms with Gasteiger partial charge in [-0.1, -0.05) is 103 Å². The van der Waals surface area contributed by atoms with Crippen LogP contribution in [0, 0.1) is 0 Å². The first kappa shape index (κ1) is 23.7. The van der Waals surface area contributed by atoms with E-state index in [1.165, 1.54) is 43.1 Å². The molecule has 44 heavy (non-hydrogen) atoms. The fourth-order valence-corrected chi connectivity index (χ4v) is 7.14. The normalized spacial score (nSPS) is 14.9. The third kappa shape index (κ3) is 3.31. The monoisotopic (exact) mass is 563 g/mol. The number of aliphatic imine (C=N–C) groups is 1. The van der Waals surface area contributed by atoms with Gasteiger partial charge in [0.2, 0.25) is 5.96 Å². The Morgan fingerprint density at radius 1 is 0.523 bits per heavy atom. The minimum absolute atomic E-state index is 0.318. The summed E-state index contributed by atoms with van der Waals surface area (Å²) in [6, 6.07) is 49.4. The average Bonchev–Trinajstić information content (AvgIpc) is 3.62. The molecule has 7 aromatic carbocycles. The van der Waals surface area contributed by atoms with E-state index in [2.05, 4.69) is 137 Å². The molecule has 0 saturated carbocycles. The van der Waals surface area contributed by atoms with Gasteiger partial charge in [0, 0.05) is 16.2 Å². The predicted molar refractivity (Wildman–Crippen MR) is 183 cm³/mol. The minimum Gasteiger partial charge on any atom is -0.456 e. The summed E-state index contributed by atoms with van der Waals surface area (Å²) in [6.07, 6.45) is 0. The maximum Gasteiger partial charge on any atom is 0.208 e. The van der Waals surface area contributed by atoms with E-state index in [1.807, 2.05) is 12.1 Å². The van der Waals surface area contributed by atoms with Crippen LogP contribution in [0.5, 0.6) is 0 Å². The fourth-order valence-electron chi connectivity index (χ4n) is 7.14. The van der Waals surface area contributed by atoms with Crippen molar-refractivity contribution in [2.75, 3.05) is 5.32 Å². The number of hydrogen-bond acceptors (Lipinski definition) is 3. The largest absolute Gasteiger partial charge is 0.456 e. The summed E-state index contributed by atoms with van der Waals surface area (Å²) < 4.78 is 8.84. The zero-order valence-corrected chi connectivity index (χ0v) is 23.7. The first-order chi connectivity index (χ1) is 21.8. The topological polar surface area (TPSA) is 42.5 Å². The van der Waals surface area contributed by atoms with E-state index in [-0.39, 0.29) is 6.04 Å². The van der Waals surface area contributed by atoms with Crippen LogP contribution in [0.2, 0.25) is 0 Å². The Balaban J connectivity index is 1.25. The number of rotatable bonds is 1. The van der Waals surface area contributed by atoms with E-state index in [0.29, 0.717) is 0 Å². The number of nitrogens with one attached hydrogen (secondary N) is 1. The molecule has 4 nitrogen and oxygen atoms in total. The summed E-state index contributed by atoms with van der Waals surface area (Å²) in [5, 5.41) is 14.6. The Kier molecular flexibility index (Phi) is 4.74. The highest BCUT2D eigenvalue weighted by molar-refractivity contribution is 6.20. The quantitative estimate of drug-likeness (QED) is 0.202. The van der Waals surface area contributed by atoms with E-state index in [1.54, 1.807) is 0 Å². The number of hydrogen-bond donors (Lipinski definition) is 1. The van der Waals surface area contributed by atoms with Crippen LogP contribution >= 0.6 is 0 Å². The molecular formula is C40H25N3O. The van der Waals surface area contributed by atoms with Crippen molar-refractivity contribution in [1.29, 1.82) is 0 Å². The molecule has 2 aromatic heterocycles. The maximum atomic E-state index is 6.56. The molecule has 1 aliphatic heterocycles. The third-order valence-corrected chi connectivity index (χ3v) is 9.20. The van der Waals surface area contributed by atoms with E-state index < -0.39 is 0 Å². The highest BCUT2D eigenvalue weighted by Crippen LogP contribution is 2.44. The molecule has 0 fully saturated rings. The third-order valence-electron chi connectivity index (χ3n) is 9.20. The lowest BCUT2D eigenvalue weighted by atomic mass is 9.96. The van der Waals surface area contributed by atoms with Crippen LogP contribution in [0.3, 0.4) is 0 Å². The summed E-state index contributed by atoms with van der Waals surface area (Å²) in [5.41, 5.74) is 5.16. The van der Waals surface area contributed by atoms with Gasteiger partial charge in [0.05, 0.1) is 16.7 Å². The van der Waals surface area contributed by atoms with Gasteiger partial charge in [-0.15, -0.1) is 0 Å². The van der Waals surface area contributed by atoms with Gasteiger partial charge in [-0.3, -0.25) is 4.57 Å². The summed E-state index contributed by atoms with van der Waals surface area (Å²) in [6.45, 7) is 0. The van der Waals surface area contributed by atoms with Crippen molar-refractivity contribution in [2.45, 2.75) is 6.04 Å². The molecule has 10 rings (SSSR count). The molecule has 0 aliphatic carbocycles. The van der Waals surface area contributed by atoms with Crippen LogP contribution in [0.15, 0.2) is 149 Å². The zero-order valence-electron chi connectivity index (χ0n) is 23.7. The van der Waals surface area contributed by atoms with Gasteiger partial charge in [0.15, 0.2) is 5.76 Å². The van der Waals surface area contributed by atoms with Crippen molar-refractivity contribution in [1.82, 2.24) is 4.57 Å². The molecule has 0 radical (unpaired) electrons. The van der Waals surface area contributed by atoms with Gasteiger partial charge < -0.3 is 9.73 Å². The highest BCUT2D eigenvalue weighted by atomic mass is 16.3. The van der Waals surface area contributed by atoms with Crippen molar-refractivity contribution in [2.24, 2.45) is 4.99 Å². The van der Waals surface area contributed by atoms with E-state index in [9.17, 15) is 0 Å². The van der Waals surface area contributed by atoms with Crippen molar-refractivity contribution >= 4 is 76.7 Å². The van der Waals surface area contributed by atoms with Crippen LogP contribution in [-0.2, 0) is 0 Å². The molecule has 3 heterocycles. The number of aromatic nitrogens is 1. The Morgan fingerprint density at radius 2 is 1.20 bits per heavy atom. The van der Waals surface area contributed by atoms with Gasteiger partial charge in [0.1, 0.15) is 11.6 Å². The van der Waals surface area contributed by atoms with E-state index in [4.69, 9.17) is 9.41 Å². The number of para-hydroxylation sites is 2. The minimum atomic E-state index is -0.318. The van der Waals surface area contributed by atoms with Crippen molar-refractivity contribution in [3.8, 4) is 0 Å². The molecule has 0 saturated heterocycles. The van der Waals surface area contributed by atoms with Gasteiger partial charge in [-0.25, -0.2) is 4.99 Å². The molecule has 1 atom stereocenters. The lowest BCUT2D eigenvalue weighted by Crippen LogP contribution is -2.27. The van der Waals surface area contributed by atoms with Gasteiger partial charge in [0.25, 0.3) is 0 Å². The Bertz CT molecular complexity index is 2660. The molecule has 9 aromatic rings. The Morgan fingerprint density at radius 3 is 2.09 bits per heavy atom. The second-order valence-corrected chi connectivity index (χ2v) is 11.7. The van der Waals surface area contributed by atoms with Crippen molar-refractivity contribution in [3.63, 3.8) is 0 Å². The summed E-state index contributed by atoms with van der Waals surface area (Å²) in [7, 11) is 0. The molecule has 1 N–H and O–H groups in total. The molecule has 1 aliphatic rings. The van der Waals surface area contributed by atoms with Gasteiger partial charge >= 0.3 is 0 Å². The van der Waals surface area contributed by atoms with Crippen LogP contribution in [0.1, 0.15) is 17.4 Å². The first-order valence-corrected chi connectivity index (χ1v) is 15.0. The second kappa shape index (κ2) is 8.82. The van der Waals surface area contributed by atoms with Crippen LogP contribution < -0.4 is 5.32 Å². The lowest BCUT2D eigenvalue weighted by molar-refractivity contribution is 0.525. The molecule has 0 bridgehead atoms. The highest BCUT2D eigenvalue weighted by Gasteiger charge is 2.31. The van der Waals surface area contributed by atoms with Crippen molar-refractivity contribution < 1.29 is 4.42 Å². The zero-order chi connectivity index (χ0) is 28.8. The Labute approximate surface area is 252 Å². The van der Waals surface area contributed by atoms with Crippen LogP contribution in [0.4, 0.5) is 5.69 Å². The molecule has 206 valence electrons. The number of anilines is 1. The Hall–Kier alpha value is -5.87. The molecule has 0 amide bonds. The van der Waals surface area contributed by atoms with Gasteiger partial charge in [-0.05, 0) is 74.3 Å². The number of fused-ring (bicyclic) bond motifs is 10. The standard InChI is InChI=1S/C40H25N3O/c1-2-11-26-23-35-33(22-25(26)10-1)31-13-5-7-15-34(31)43(35)40-41-37(39-38(42-40)32-14-6-8-16-36(32)44-39)28-19-20-30-27(21-28)18-17-24-9-3-4-12-29(24)30/h1-23,37H,(H,41,42). The smallest absolute Gasteiger partial charge is 0.208 e. The molecule has 0 spiro atoms. The average molecular weight is 564 g/mol. The molecule has 1 unspecified atom stereocenters. The van der Waals surface area contributed by atoms with E-state index in [0.717, 1.165) is 45.0 Å². The maximum absolute atomic E-state index is 6.56. The first-order valence-electron chi connectivity index (χ1n) is 15.0. The lowest BCUT2D eigenvalue weighted by Gasteiger charge is -2.24. The summed E-state index contributed by atoms with van der Waals surface area (Å²) in [5.74, 6) is 1.62. The second-order valence-electron chi connectivity index (χ2n) is 11.7. The predicted octanol–water partition coefficient (Wildman–Crippen LogP) is 10.4. The number of nitrogens with zero attached hydrogens (tertiary/aromatic N) is 2. The van der Waals surface area contributed by atoms with Crippen molar-refractivity contribution in [3.05, 3.63) is 151 Å². The molecule has 4 heteroatoms. The summed E-state index contributed by atoms with van der Waals surface area (Å²) in [4.78, 5) is 5.46. The van der Waals surface area contributed by atoms with Crippen LogP contribution in [0.25, 0.3) is 65.1 Å². The number of furan rings is 1. The van der Waals surface area contributed by atoms with Crippen LogP contribution in [-0.4, -0.2) is 10.5 Å². The van der Waals surface area contributed by atoms with Gasteiger partial charge in [-0.2, -0.15) is 0 Å². The SMILES string of the molecule is c1ccc2cc3c(cc2c1)c1ccccc1n3C1=NC(c2ccc3c(ccc4ccccc43)c2)c2oc3ccccc3c2N1. The summed E-state index contributed by atoms with van der Waals surface area (Å²) >= 11 is 0. The fraction of sp³-hybridized carbons (Fsp3) is 0.0250.